The number of benzene rings is 1. The Labute approximate surface area is 108 Å². The van der Waals surface area contributed by atoms with Crippen molar-refractivity contribution in [1.29, 1.82) is 5.41 Å². The number of alkyl halides is 3. The van der Waals surface area contributed by atoms with Crippen molar-refractivity contribution in [2.24, 2.45) is 5.73 Å². The average Bonchev–Trinajstić information content (AvgIpc) is 2.28. The van der Waals surface area contributed by atoms with Crippen LogP contribution in [0.3, 0.4) is 0 Å². The molecule has 0 heterocycles. The van der Waals surface area contributed by atoms with Gasteiger partial charge in [-0.1, -0.05) is 6.07 Å². The molecular weight excluding hydrogens is 262 g/mol. The van der Waals surface area contributed by atoms with E-state index in [1.54, 1.807) is 0 Å². The average molecular weight is 277 g/mol. The third-order valence-electron chi connectivity index (χ3n) is 2.58. The molecule has 0 aromatic heterocycles. The van der Waals surface area contributed by atoms with Crippen LogP contribution in [0.25, 0.3) is 0 Å². The van der Waals surface area contributed by atoms with Gasteiger partial charge in [-0.05, 0) is 24.7 Å². The lowest BCUT2D eigenvalue weighted by Gasteiger charge is -2.19. The standard InChI is InChI=1S/C12H15F4N3/c1-19(5-4-12(14,15)16)7-8-2-3-9(13)6-10(8)11(17)18/h2-3,6H,4-5,7H2,1H3,(H3,17,18). The molecule has 0 amide bonds. The molecule has 0 aliphatic rings. The van der Waals surface area contributed by atoms with Crippen molar-refractivity contribution in [3.05, 3.63) is 35.1 Å². The Hall–Kier alpha value is -1.63. The van der Waals surface area contributed by atoms with Crippen LogP contribution >= 0.6 is 0 Å². The third-order valence-corrected chi connectivity index (χ3v) is 2.58. The molecule has 0 atom stereocenters. The monoisotopic (exact) mass is 277 g/mol. The Morgan fingerprint density at radius 1 is 1.37 bits per heavy atom. The first-order valence-corrected chi connectivity index (χ1v) is 5.57. The van der Waals surface area contributed by atoms with Crippen LogP contribution in [0.15, 0.2) is 18.2 Å². The molecule has 0 radical (unpaired) electrons. The summed E-state index contributed by atoms with van der Waals surface area (Å²) in [5.74, 6) is -0.842. The lowest BCUT2D eigenvalue weighted by atomic mass is 10.1. The fourth-order valence-corrected chi connectivity index (χ4v) is 1.62. The number of nitrogens with zero attached hydrogens (tertiary/aromatic N) is 1. The Bertz CT molecular complexity index is 457. The van der Waals surface area contributed by atoms with E-state index >= 15 is 0 Å². The number of nitrogens with two attached hydrogens (primary N) is 1. The second kappa shape index (κ2) is 6.01. The van der Waals surface area contributed by atoms with E-state index in [0.717, 1.165) is 6.07 Å². The van der Waals surface area contributed by atoms with Gasteiger partial charge in [0.15, 0.2) is 0 Å². The number of rotatable bonds is 5. The number of amidine groups is 1. The fourth-order valence-electron chi connectivity index (χ4n) is 1.62. The zero-order valence-electron chi connectivity index (χ0n) is 10.4. The van der Waals surface area contributed by atoms with Crippen molar-refractivity contribution in [3.8, 4) is 0 Å². The minimum Gasteiger partial charge on any atom is -0.384 e. The Balaban J connectivity index is 2.74. The second-order valence-electron chi connectivity index (χ2n) is 4.32. The van der Waals surface area contributed by atoms with Gasteiger partial charge in [-0.2, -0.15) is 13.2 Å². The van der Waals surface area contributed by atoms with Crippen molar-refractivity contribution in [3.63, 3.8) is 0 Å². The van der Waals surface area contributed by atoms with Gasteiger partial charge in [-0.3, -0.25) is 5.41 Å². The summed E-state index contributed by atoms with van der Waals surface area (Å²) < 4.78 is 49.3. The molecule has 3 nitrogen and oxygen atoms in total. The number of hydrogen-bond acceptors (Lipinski definition) is 2. The molecule has 0 unspecified atom stereocenters. The molecule has 0 saturated heterocycles. The van der Waals surface area contributed by atoms with E-state index in [9.17, 15) is 17.6 Å². The normalized spacial score (nSPS) is 11.9. The quantitative estimate of drug-likeness (QED) is 0.493. The van der Waals surface area contributed by atoms with Crippen LogP contribution in [0.5, 0.6) is 0 Å². The number of halogens is 4. The van der Waals surface area contributed by atoms with E-state index in [-0.39, 0.29) is 24.5 Å². The minimum absolute atomic E-state index is 0.168. The van der Waals surface area contributed by atoms with E-state index in [0.29, 0.717) is 5.56 Å². The van der Waals surface area contributed by atoms with Crippen LogP contribution in [-0.4, -0.2) is 30.5 Å². The zero-order valence-corrected chi connectivity index (χ0v) is 10.4. The van der Waals surface area contributed by atoms with Crippen molar-refractivity contribution in [1.82, 2.24) is 4.90 Å². The molecule has 7 heteroatoms. The summed E-state index contributed by atoms with van der Waals surface area (Å²) in [6.07, 6.45) is -5.12. The predicted molar refractivity (Wildman–Crippen MR) is 64.4 cm³/mol. The van der Waals surface area contributed by atoms with Crippen molar-refractivity contribution in [2.75, 3.05) is 13.6 Å². The third kappa shape index (κ3) is 5.25. The van der Waals surface area contributed by atoms with Gasteiger partial charge in [0.1, 0.15) is 11.7 Å². The maximum absolute atomic E-state index is 13.0. The van der Waals surface area contributed by atoms with Gasteiger partial charge in [0.2, 0.25) is 0 Å². The molecule has 0 saturated carbocycles. The molecular formula is C12H15F4N3. The summed E-state index contributed by atoms with van der Waals surface area (Å²) in [4.78, 5) is 1.45. The molecule has 19 heavy (non-hydrogen) atoms. The summed E-state index contributed by atoms with van der Waals surface area (Å²) >= 11 is 0. The summed E-state index contributed by atoms with van der Waals surface area (Å²) in [6.45, 7) is 0.00347. The van der Waals surface area contributed by atoms with Gasteiger partial charge in [0.05, 0.1) is 6.42 Å². The van der Waals surface area contributed by atoms with Gasteiger partial charge >= 0.3 is 6.18 Å². The predicted octanol–water partition coefficient (Wildman–Crippen LogP) is 2.49. The fraction of sp³-hybridized carbons (Fsp3) is 0.417. The van der Waals surface area contributed by atoms with Crippen LogP contribution in [-0.2, 0) is 6.54 Å². The first kappa shape index (κ1) is 15.4. The van der Waals surface area contributed by atoms with E-state index in [2.05, 4.69) is 0 Å². The summed E-state index contributed by atoms with van der Waals surface area (Å²) in [7, 11) is 1.53. The van der Waals surface area contributed by atoms with Gasteiger partial charge in [0, 0.05) is 18.7 Å². The Morgan fingerprint density at radius 3 is 2.53 bits per heavy atom. The molecule has 0 fully saturated rings. The maximum Gasteiger partial charge on any atom is 0.390 e. The van der Waals surface area contributed by atoms with Crippen molar-refractivity contribution >= 4 is 5.84 Å². The first-order valence-electron chi connectivity index (χ1n) is 5.57. The van der Waals surface area contributed by atoms with Crippen LogP contribution in [0.1, 0.15) is 17.5 Å². The summed E-state index contributed by atoms with van der Waals surface area (Å²) in [5.41, 5.74) is 6.05. The molecule has 0 spiro atoms. The first-order chi connectivity index (χ1) is 8.69. The lowest BCUT2D eigenvalue weighted by molar-refractivity contribution is -0.137. The SMILES string of the molecule is CN(CCC(F)(F)F)Cc1ccc(F)cc1C(=N)N. The molecule has 106 valence electrons. The van der Waals surface area contributed by atoms with Crippen molar-refractivity contribution < 1.29 is 17.6 Å². The van der Waals surface area contributed by atoms with Crippen LogP contribution in [0.4, 0.5) is 17.6 Å². The van der Waals surface area contributed by atoms with E-state index < -0.39 is 18.4 Å². The lowest BCUT2D eigenvalue weighted by Crippen LogP contribution is -2.25. The van der Waals surface area contributed by atoms with Gasteiger partial charge in [-0.25, -0.2) is 4.39 Å². The van der Waals surface area contributed by atoms with E-state index in [1.165, 1.54) is 24.1 Å². The Kier molecular flexibility index (Phi) is 4.88. The molecule has 0 bridgehead atoms. The highest BCUT2D eigenvalue weighted by molar-refractivity contribution is 5.96. The minimum atomic E-state index is -4.21. The number of nitrogen functional groups attached to an aromatic ring is 1. The molecule has 0 aliphatic carbocycles. The zero-order chi connectivity index (χ0) is 14.6. The summed E-state index contributed by atoms with van der Waals surface area (Å²) in [6, 6.07) is 3.73. The summed E-state index contributed by atoms with van der Waals surface area (Å²) in [5, 5.41) is 7.33. The number of hydrogen-bond donors (Lipinski definition) is 2. The highest BCUT2D eigenvalue weighted by Gasteiger charge is 2.27. The van der Waals surface area contributed by atoms with Crippen molar-refractivity contribution in [2.45, 2.75) is 19.1 Å². The van der Waals surface area contributed by atoms with E-state index in [4.69, 9.17) is 11.1 Å². The molecule has 1 aromatic rings. The second-order valence-corrected chi connectivity index (χ2v) is 4.32. The molecule has 0 aliphatic heterocycles. The number of nitrogens with one attached hydrogen (secondary N) is 1. The Morgan fingerprint density at radius 2 is 2.00 bits per heavy atom. The highest BCUT2D eigenvalue weighted by Crippen LogP contribution is 2.20. The largest absolute Gasteiger partial charge is 0.390 e. The topological polar surface area (TPSA) is 53.1 Å². The van der Waals surface area contributed by atoms with Gasteiger partial charge in [-0.15, -0.1) is 0 Å². The molecule has 1 rings (SSSR count). The van der Waals surface area contributed by atoms with Gasteiger partial charge < -0.3 is 10.6 Å². The maximum atomic E-state index is 13.0. The van der Waals surface area contributed by atoms with E-state index in [1.807, 2.05) is 0 Å². The smallest absolute Gasteiger partial charge is 0.384 e. The molecule has 1 aromatic carbocycles. The highest BCUT2D eigenvalue weighted by atomic mass is 19.4. The van der Waals surface area contributed by atoms with Crippen LogP contribution < -0.4 is 5.73 Å². The molecule has 3 N–H and O–H groups in total. The van der Waals surface area contributed by atoms with Gasteiger partial charge in [0.25, 0.3) is 0 Å². The van der Waals surface area contributed by atoms with Crippen LogP contribution in [0, 0.1) is 11.2 Å². The van der Waals surface area contributed by atoms with Crippen LogP contribution in [0.2, 0.25) is 0 Å².